The molecule has 0 spiro atoms. The van der Waals surface area contributed by atoms with Gasteiger partial charge in [0, 0.05) is 18.7 Å². The molecule has 1 N–H and O–H groups in total. The first kappa shape index (κ1) is 15.7. The van der Waals surface area contributed by atoms with Gasteiger partial charge in [0.05, 0.1) is 23.2 Å². The molecular weight excluding hydrogens is 309 g/mol. The minimum absolute atomic E-state index is 0.0259. The van der Waals surface area contributed by atoms with E-state index in [0.29, 0.717) is 11.3 Å². The molecule has 0 bridgehead atoms. The molecular formula is C18H14FN3O2. The number of para-hydroxylation sites is 1. The fraction of sp³-hybridized carbons (Fsp3) is 0.167. The molecule has 1 aliphatic rings. The Balaban J connectivity index is 1.72. The zero-order chi connectivity index (χ0) is 17.1. The predicted octanol–water partition coefficient (Wildman–Crippen LogP) is 2.69. The van der Waals surface area contributed by atoms with E-state index in [1.165, 1.54) is 17.0 Å². The van der Waals surface area contributed by atoms with Gasteiger partial charge in [-0.3, -0.25) is 9.59 Å². The number of nitrogens with zero attached hydrogens (tertiary/aromatic N) is 2. The number of nitrogens with one attached hydrogen (secondary N) is 1. The molecule has 1 fully saturated rings. The normalized spacial score (nSPS) is 16.8. The fourth-order valence-electron chi connectivity index (χ4n) is 2.70. The van der Waals surface area contributed by atoms with Crippen LogP contribution in [0.25, 0.3) is 0 Å². The summed E-state index contributed by atoms with van der Waals surface area (Å²) in [4.78, 5) is 25.8. The number of hydrogen-bond donors (Lipinski definition) is 1. The summed E-state index contributed by atoms with van der Waals surface area (Å²) in [6, 6.07) is 14.5. The lowest BCUT2D eigenvalue weighted by Gasteiger charge is -2.17. The smallest absolute Gasteiger partial charge is 0.229 e. The summed E-state index contributed by atoms with van der Waals surface area (Å²) >= 11 is 0. The Labute approximate surface area is 138 Å². The molecule has 5 nitrogen and oxygen atoms in total. The molecule has 2 aromatic rings. The third kappa shape index (κ3) is 3.10. The van der Waals surface area contributed by atoms with Crippen LogP contribution in [0.1, 0.15) is 12.0 Å². The first-order valence-electron chi connectivity index (χ1n) is 7.44. The van der Waals surface area contributed by atoms with Crippen molar-refractivity contribution in [1.29, 1.82) is 5.26 Å². The maximum atomic E-state index is 13.8. The molecule has 2 amide bonds. The highest BCUT2D eigenvalue weighted by Crippen LogP contribution is 2.28. The molecule has 0 saturated carbocycles. The average molecular weight is 323 g/mol. The van der Waals surface area contributed by atoms with E-state index in [0.717, 1.165) is 0 Å². The van der Waals surface area contributed by atoms with Crippen molar-refractivity contribution in [3.63, 3.8) is 0 Å². The summed E-state index contributed by atoms with van der Waals surface area (Å²) in [5.74, 6) is -1.67. The lowest BCUT2D eigenvalue weighted by Crippen LogP contribution is -2.28. The van der Waals surface area contributed by atoms with Gasteiger partial charge >= 0.3 is 0 Å². The first-order chi connectivity index (χ1) is 11.6. The van der Waals surface area contributed by atoms with Crippen molar-refractivity contribution in [1.82, 2.24) is 0 Å². The van der Waals surface area contributed by atoms with Crippen LogP contribution in [0.5, 0.6) is 0 Å². The molecule has 2 aromatic carbocycles. The van der Waals surface area contributed by atoms with Gasteiger partial charge in [0.2, 0.25) is 11.8 Å². The number of carbonyl (C=O) groups excluding carboxylic acids is 2. The highest BCUT2D eigenvalue weighted by Gasteiger charge is 2.36. The summed E-state index contributed by atoms with van der Waals surface area (Å²) in [6.07, 6.45) is 0.0259. The second kappa shape index (κ2) is 6.50. The van der Waals surface area contributed by atoms with Crippen molar-refractivity contribution in [3.05, 3.63) is 59.9 Å². The van der Waals surface area contributed by atoms with E-state index in [1.807, 2.05) is 6.07 Å². The fourth-order valence-corrected chi connectivity index (χ4v) is 2.70. The minimum Gasteiger partial charge on any atom is -0.326 e. The van der Waals surface area contributed by atoms with Crippen molar-refractivity contribution in [2.45, 2.75) is 6.42 Å². The Kier molecular flexibility index (Phi) is 4.25. The maximum Gasteiger partial charge on any atom is 0.229 e. The third-order valence-corrected chi connectivity index (χ3v) is 3.90. The van der Waals surface area contributed by atoms with E-state index in [-0.39, 0.29) is 30.5 Å². The summed E-state index contributed by atoms with van der Waals surface area (Å²) in [7, 11) is 0. The molecule has 1 aliphatic heterocycles. The summed E-state index contributed by atoms with van der Waals surface area (Å²) in [5.41, 5.74) is 1.11. The maximum absolute atomic E-state index is 13.8. The van der Waals surface area contributed by atoms with Gasteiger partial charge in [-0.15, -0.1) is 0 Å². The topological polar surface area (TPSA) is 73.2 Å². The minimum atomic E-state index is -0.567. The van der Waals surface area contributed by atoms with Crippen LogP contribution in [0.2, 0.25) is 0 Å². The van der Waals surface area contributed by atoms with Gasteiger partial charge in [-0.1, -0.05) is 18.2 Å². The second-order valence-electron chi connectivity index (χ2n) is 5.54. The van der Waals surface area contributed by atoms with Gasteiger partial charge in [0.15, 0.2) is 0 Å². The van der Waals surface area contributed by atoms with Crippen molar-refractivity contribution in [3.8, 4) is 6.07 Å². The highest BCUT2D eigenvalue weighted by atomic mass is 19.1. The number of anilines is 2. The number of hydrogen-bond acceptors (Lipinski definition) is 3. The number of nitriles is 1. The quantitative estimate of drug-likeness (QED) is 0.944. The van der Waals surface area contributed by atoms with Crippen LogP contribution in [-0.4, -0.2) is 18.4 Å². The van der Waals surface area contributed by atoms with Gasteiger partial charge < -0.3 is 10.2 Å². The van der Waals surface area contributed by atoms with E-state index in [1.54, 1.807) is 36.4 Å². The van der Waals surface area contributed by atoms with E-state index in [4.69, 9.17) is 5.26 Å². The molecule has 24 heavy (non-hydrogen) atoms. The van der Waals surface area contributed by atoms with Crippen LogP contribution >= 0.6 is 0 Å². The average Bonchev–Trinajstić information content (AvgIpc) is 2.97. The molecule has 0 radical (unpaired) electrons. The Hall–Kier alpha value is -3.20. The van der Waals surface area contributed by atoms with Crippen LogP contribution in [-0.2, 0) is 9.59 Å². The van der Waals surface area contributed by atoms with Crippen LogP contribution < -0.4 is 10.2 Å². The molecule has 6 heteroatoms. The Morgan fingerprint density at radius 1 is 1.25 bits per heavy atom. The van der Waals surface area contributed by atoms with Crippen molar-refractivity contribution in [2.24, 2.45) is 5.92 Å². The van der Waals surface area contributed by atoms with Gasteiger partial charge in [-0.25, -0.2) is 4.39 Å². The second-order valence-corrected chi connectivity index (χ2v) is 5.54. The number of amides is 2. The summed E-state index contributed by atoms with van der Waals surface area (Å²) in [6.45, 7) is 0.129. The van der Waals surface area contributed by atoms with E-state index in [9.17, 15) is 14.0 Å². The van der Waals surface area contributed by atoms with Crippen molar-refractivity contribution >= 4 is 23.2 Å². The van der Waals surface area contributed by atoms with Gasteiger partial charge in [0.25, 0.3) is 0 Å². The zero-order valence-corrected chi connectivity index (χ0v) is 12.7. The van der Waals surface area contributed by atoms with E-state index in [2.05, 4.69) is 5.32 Å². The standard InChI is InChI=1S/C18H14FN3O2/c19-15-6-1-2-7-16(15)22-11-13(9-17(22)23)18(24)21-14-5-3-4-12(8-14)10-20/h1-8,13H,9,11H2,(H,21,24). The Morgan fingerprint density at radius 3 is 2.79 bits per heavy atom. The lowest BCUT2D eigenvalue weighted by atomic mass is 10.1. The van der Waals surface area contributed by atoms with E-state index < -0.39 is 11.7 Å². The lowest BCUT2D eigenvalue weighted by molar-refractivity contribution is -0.122. The SMILES string of the molecule is N#Cc1cccc(NC(=O)C2CC(=O)N(c3ccccc3F)C2)c1. The number of carbonyl (C=O) groups is 2. The molecule has 1 atom stereocenters. The Morgan fingerprint density at radius 2 is 2.04 bits per heavy atom. The van der Waals surface area contributed by atoms with Gasteiger partial charge in [0.1, 0.15) is 5.82 Å². The van der Waals surface area contributed by atoms with Crippen molar-refractivity contribution in [2.75, 3.05) is 16.8 Å². The number of halogens is 1. The third-order valence-electron chi connectivity index (χ3n) is 3.90. The van der Waals surface area contributed by atoms with Crippen LogP contribution in [0, 0.1) is 23.1 Å². The molecule has 0 aliphatic carbocycles. The molecule has 0 aromatic heterocycles. The zero-order valence-electron chi connectivity index (χ0n) is 12.7. The van der Waals surface area contributed by atoms with Gasteiger partial charge in [-0.05, 0) is 30.3 Å². The number of benzene rings is 2. The van der Waals surface area contributed by atoms with Crippen LogP contribution in [0.3, 0.4) is 0 Å². The summed E-state index contributed by atoms with van der Waals surface area (Å²) < 4.78 is 13.8. The van der Waals surface area contributed by atoms with Crippen LogP contribution in [0.4, 0.5) is 15.8 Å². The molecule has 1 unspecified atom stereocenters. The highest BCUT2D eigenvalue weighted by molar-refractivity contribution is 6.03. The first-order valence-corrected chi connectivity index (χ1v) is 7.44. The van der Waals surface area contributed by atoms with Crippen LogP contribution in [0.15, 0.2) is 48.5 Å². The predicted molar refractivity (Wildman–Crippen MR) is 86.6 cm³/mol. The van der Waals surface area contributed by atoms with Crippen molar-refractivity contribution < 1.29 is 14.0 Å². The largest absolute Gasteiger partial charge is 0.326 e. The monoisotopic (exact) mass is 323 g/mol. The summed E-state index contributed by atoms with van der Waals surface area (Å²) in [5, 5.41) is 11.6. The van der Waals surface area contributed by atoms with E-state index >= 15 is 0 Å². The molecule has 3 rings (SSSR count). The molecule has 120 valence electrons. The molecule has 1 saturated heterocycles. The molecule has 1 heterocycles. The Bertz CT molecular complexity index is 844. The van der Waals surface area contributed by atoms with Gasteiger partial charge in [-0.2, -0.15) is 5.26 Å². The number of rotatable bonds is 3.